The molecule has 0 atom stereocenters. The smallest absolute Gasteiger partial charge is 0.330 e. The topological polar surface area (TPSA) is 55.8 Å². The molecule has 3 aromatic carbocycles. The minimum atomic E-state index is -0.461. The average Bonchev–Trinajstić information content (AvgIpc) is 2.94. The fourth-order valence-electron chi connectivity index (χ4n) is 4.48. The molecule has 0 saturated heterocycles. The third-order valence-corrected chi connectivity index (χ3v) is 6.58. The lowest BCUT2D eigenvalue weighted by molar-refractivity contribution is -0.138. The molecule has 3 aromatic rings. The number of carbonyl (C=O) groups excluding carboxylic acids is 1. The van der Waals surface area contributed by atoms with Crippen molar-refractivity contribution in [3.8, 4) is 28.0 Å². The molecule has 0 fully saturated rings. The fourth-order valence-corrected chi connectivity index (χ4v) is 4.48. The van der Waals surface area contributed by atoms with Crippen molar-refractivity contribution in [2.45, 2.75) is 58.8 Å². The SMILES string of the molecule is C=CC(=O)OCCOc1cc(-c2ccc(-c3ccc(CCCCC)cc3)cc2CC)ccc1CCCO. The standard InChI is InChI=1S/C33H40O4/c1-4-7-8-10-25-12-14-27(15-13-25)29-18-19-31(26(5-2)23-29)30-17-16-28(11-9-20-34)32(24-30)36-21-22-37-33(35)6-3/h6,12-19,23-24,34H,3-5,7-11,20-22H2,1-2H3. The van der Waals surface area contributed by atoms with Gasteiger partial charge in [0.15, 0.2) is 0 Å². The van der Waals surface area contributed by atoms with E-state index in [1.807, 2.05) is 0 Å². The molecule has 37 heavy (non-hydrogen) atoms. The molecular formula is C33H40O4. The van der Waals surface area contributed by atoms with Crippen LogP contribution in [0.2, 0.25) is 0 Å². The molecule has 4 heteroatoms. The molecule has 0 radical (unpaired) electrons. The number of aryl methyl sites for hydroxylation is 3. The molecule has 0 aliphatic rings. The number of ether oxygens (including phenoxy) is 2. The van der Waals surface area contributed by atoms with Gasteiger partial charge in [-0.1, -0.05) is 87.9 Å². The number of rotatable bonds is 15. The van der Waals surface area contributed by atoms with Gasteiger partial charge in [-0.2, -0.15) is 0 Å². The Morgan fingerprint density at radius 1 is 0.838 bits per heavy atom. The summed E-state index contributed by atoms with van der Waals surface area (Å²) in [6.07, 6.45) is 8.34. The van der Waals surface area contributed by atoms with Crippen LogP contribution in [0.25, 0.3) is 22.3 Å². The van der Waals surface area contributed by atoms with Gasteiger partial charge < -0.3 is 14.6 Å². The summed E-state index contributed by atoms with van der Waals surface area (Å²) in [5.74, 6) is 0.294. The summed E-state index contributed by atoms with van der Waals surface area (Å²) in [7, 11) is 0. The van der Waals surface area contributed by atoms with Gasteiger partial charge in [0.1, 0.15) is 19.0 Å². The van der Waals surface area contributed by atoms with Crippen molar-refractivity contribution < 1.29 is 19.4 Å². The van der Waals surface area contributed by atoms with E-state index in [2.05, 4.69) is 81.1 Å². The van der Waals surface area contributed by atoms with Gasteiger partial charge in [0.25, 0.3) is 0 Å². The number of unbranched alkanes of at least 4 members (excludes halogenated alkanes) is 2. The maximum Gasteiger partial charge on any atom is 0.330 e. The second-order valence-corrected chi connectivity index (χ2v) is 9.25. The van der Waals surface area contributed by atoms with Crippen molar-refractivity contribution in [3.63, 3.8) is 0 Å². The number of aliphatic hydroxyl groups is 1. The molecule has 0 saturated carbocycles. The van der Waals surface area contributed by atoms with Crippen molar-refractivity contribution in [2.75, 3.05) is 19.8 Å². The largest absolute Gasteiger partial charge is 0.490 e. The highest BCUT2D eigenvalue weighted by Gasteiger charge is 2.11. The van der Waals surface area contributed by atoms with Gasteiger partial charge in [-0.15, -0.1) is 0 Å². The van der Waals surface area contributed by atoms with E-state index in [1.54, 1.807) is 0 Å². The van der Waals surface area contributed by atoms with Crippen LogP contribution in [0.15, 0.2) is 73.3 Å². The van der Waals surface area contributed by atoms with E-state index < -0.39 is 5.97 Å². The maximum atomic E-state index is 11.3. The van der Waals surface area contributed by atoms with Crippen LogP contribution in [0.3, 0.4) is 0 Å². The first-order chi connectivity index (χ1) is 18.1. The van der Waals surface area contributed by atoms with E-state index >= 15 is 0 Å². The zero-order chi connectivity index (χ0) is 26.5. The van der Waals surface area contributed by atoms with E-state index in [-0.39, 0.29) is 19.8 Å². The summed E-state index contributed by atoms with van der Waals surface area (Å²) in [5.41, 5.74) is 8.43. The van der Waals surface area contributed by atoms with E-state index in [9.17, 15) is 9.90 Å². The Morgan fingerprint density at radius 3 is 2.30 bits per heavy atom. The number of aliphatic hydroxyl groups excluding tert-OH is 1. The third-order valence-electron chi connectivity index (χ3n) is 6.58. The molecule has 0 unspecified atom stereocenters. The summed E-state index contributed by atoms with van der Waals surface area (Å²) in [4.78, 5) is 11.3. The molecule has 0 bridgehead atoms. The van der Waals surface area contributed by atoms with E-state index in [0.717, 1.165) is 35.8 Å². The summed E-state index contributed by atoms with van der Waals surface area (Å²) in [6.45, 7) is 8.36. The van der Waals surface area contributed by atoms with Gasteiger partial charge in [0, 0.05) is 12.7 Å². The lowest BCUT2D eigenvalue weighted by atomic mass is 9.92. The second kappa shape index (κ2) is 15.0. The quantitative estimate of drug-likeness (QED) is 0.135. The van der Waals surface area contributed by atoms with Crippen molar-refractivity contribution in [1.82, 2.24) is 0 Å². The molecule has 196 valence electrons. The number of hydrogen-bond acceptors (Lipinski definition) is 4. The minimum Gasteiger partial charge on any atom is -0.490 e. The summed E-state index contributed by atoms with van der Waals surface area (Å²) in [5, 5.41) is 9.30. The Kier molecular flexibility index (Phi) is 11.4. The van der Waals surface area contributed by atoms with Gasteiger partial charge in [0.2, 0.25) is 0 Å². The number of esters is 1. The van der Waals surface area contributed by atoms with Gasteiger partial charge in [0.05, 0.1) is 0 Å². The van der Waals surface area contributed by atoms with Crippen molar-refractivity contribution in [3.05, 3.63) is 90.0 Å². The van der Waals surface area contributed by atoms with Crippen LogP contribution in [0.4, 0.5) is 0 Å². The first-order valence-electron chi connectivity index (χ1n) is 13.5. The highest BCUT2D eigenvalue weighted by molar-refractivity contribution is 5.81. The van der Waals surface area contributed by atoms with Crippen molar-refractivity contribution >= 4 is 5.97 Å². The number of hydrogen-bond donors (Lipinski definition) is 1. The van der Waals surface area contributed by atoms with Gasteiger partial charge in [-0.25, -0.2) is 4.79 Å². The van der Waals surface area contributed by atoms with E-state index in [0.29, 0.717) is 12.8 Å². The van der Waals surface area contributed by atoms with Crippen LogP contribution in [0.1, 0.15) is 56.2 Å². The Labute approximate surface area is 222 Å². The Balaban J connectivity index is 1.81. The van der Waals surface area contributed by atoms with Crippen LogP contribution < -0.4 is 4.74 Å². The first-order valence-corrected chi connectivity index (χ1v) is 13.5. The first kappa shape index (κ1) is 28.2. The molecule has 0 aliphatic carbocycles. The predicted molar refractivity (Wildman–Crippen MR) is 152 cm³/mol. The van der Waals surface area contributed by atoms with Crippen LogP contribution in [0, 0.1) is 0 Å². The summed E-state index contributed by atoms with van der Waals surface area (Å²) < 4.78 is 11.1. The molecule has 0 amide bonds. The zero-order valence-corrected chi connectivity index (χ0v) is 22.3. The third kappa shape index (κ3) is 8.33. The van der Waals surface area contributed by atoms with E-state index in [1.165, 1.54) is 47.1 Å². The second-order valence-electron chi connectivity index (χ2n) is 9.25. The lowest BCUT2D eigenvalue weighted by Gasteiger charge is -2.16. The highest BCUT2D eigenvalue weighted by atomic mass is 16.6. The van der Waals surface area contributed by atoms with Gasteiger partial charge >= 0.3 is 5.97 Å². The highest BCUT2D eigenvalue weighted by Crippen LogP contribution is 2.33. The number of carbonyl (C=O) groups is 1. The summed E-state index contributed by atoms with van der Waals surface area (Å²) >= 11 is 0. The zero-order valence-electron chi connectivity index (χ0n) is 22.3. The van der Waals surface area contributed by atoms with Crippen LogP contribution in [0.5, 0.6) is 5.75 Å². The van der Waals surface area contributed by atoms with Crippen molar-refractivity contribution in [1.29, 1.82) is 0 Å². The fraction of sp³-hybridized carbons (Fsp3) is 0.364. The maximum absolute atomic E-state index is 11.3. The Hall–Kier alpha value is -3.37. The minimum absolute atomic E-state index is 0.124. The van der Waals surface area contributed by atoms with Crippen LogP contribution >= 0.6 is 0 Å². The molecule has 3 rings (SSSR count). The van der Waals surface area contributed by atoms with Crippen LogP contribution in [-0.2, 0) is 28.8 Å². The molecule has 0 aromatic heterocycles. The number of benzene rings is 3. The van der Waals surface area contributed by atoms with E-state index in [4.69, 9.17) is 9.47 Å². The summed E-state index contributed by atoms with van der Waals surface area (Å²) in [6, 6.07) is 21.9. The molecule has 0 spiro atoms. The van der Waals surface area contributed by atoms with Gasteiger partial charge in [-0.05, 0) is 77.1 Å². The molecular weight excluding hydrogens is 460 g/mol. The normalized spacial score (nSPS) is 10.8. The average molecular weight is 501 g/mol. The Bertz CT molecular complexity index is 1150. The Morgan fingerprint density at radius 2 is 1.59 bits per heavy atom. The monoisotopic (exact) mass is 500 g/mol. The molecule has 0 heterocycles. The molecule has 1 N–H and O–H groups in total. The van der Waals surface area contributed by atoms with Crippen LogP contribution in [-0.4, -0.2) is 30.9 Å². The van der Waals surface area contributed by atoms with Crippen molar-refractivity contribution in [2.24, 2.45) is 0 Å². The molecule has 0 aliphatic heterocycles. The molecule has 4 nitrogen and oxygen atoms in total. The lowest BCUT2D eigenvalue weighted by Crippen LogP contribution is -2.11. The predicted octanol–water partition coefficient (Wildman–Crippen LogP) is 7.35. The van der Waals surface area contributed by atoms with Gasteiger partial charge in [-0.3, -0.25) is 0 Å².